The van der Waals surface area contributed by atoms with Crippen LogP contribution in [0.25, 0.3) is 22.2 Å². The van der Waals surface area contributed by atoms with Gasteiger partial charge in [-0.1, -0.05) is 44.8 Å². The van der Waals surface area contributed by atoms with E-state index >= 15 is 8.78 Å². The van der Waals surface area contributed by atoms with Crippen LogP contribution in [0.1, 0.15) is 30.9 Å². The Morgan fingerprint density at radius 2 is 1.86 bits per heavy atom. The number of carbonyl (C=O) groups is 1. The number of Topliss-reactive ketones (excluding diaryl/α,β-unsaturated/α-hetero) is 1. The van der Waals surface area contributed by atoms with E-state index in [1.165, 1.54) is 12.3 Å². The summed E-state index contributed by atoms with van der Waals surface area (Å²) in [5.41, 5.74) is 2.43. The summed E-state index contributed by atoms with van der Waals surface area (Å²) in [6.45, 7) is 10.9. The number of aromatic nitrogens is 2. The number of carbonyl (C=O) groups excluding carboxylic acids is 1. The van der Waals surface area contributed by atoms with E-state index in [9.17, 15) is 10.1 Å². The van der Waals surface area contributed by atoms with Gasteiger partial charge < -0.3 is 18.8 Å². The smallest absolute Gasteiger partial charge is 0.198 e. The van der Waals surface area contributed by atoms with Crippen LogP contribution in [0.5, 0.6) is 11.5 Å². The molecule has 0 bridgehead atoms. The summed E-state index contributed by atoms with van der Waals surface area (Å²) in [7, 11) is -1.30. The molecule has 0 radical (unpaired) electrons. The number of rotatable bonds is 13. The lowest BCUT2D eigenvalue weighted by Gasteiger charge is -2.37. The molecule has 2 aromatic carbocycles. The topological polar surface area (TPSA) is 86.4 Å². The SMILES string of the molecule is CC1(CCC(=O)Cc2cc(F)c(Oc3ccnc4c3c(-c3ccccc3C#N)cn4COCC[Si](C)(C)C)c(F)c2)COC1. The molecule has 0 spiro atoms. The third-order valence-electron chi connectivity index (χ3n) is 7.86. The first-order valence-electron chi connectivity index (χ1n) is 14.8. The molecule has 44 heavy (non-hydrogen) atoms. The number of halogens is 2. The standard InChI is InChI=1S/C34H37F2N3O4Si/c1-34(20-42-21-34)11-9-25(40)15-23-16-28(35)32(29(36)17-23)43-30-10-12-38-33-31(30)27(26-8-6-5-7-24(26)18-37)19-39(33)22-41-13-14-44(2,3)4/h5-8,10,12,16-17,19H,9,11,13-15,20-22H2,1-4H3. The number of ether oxygens (including phenoxy) is 3. The Bertz CT molecular complexity index is 1700. The second kappa shape index (κ2) is 13.0. The number of nitriles is 1. The van der Waals surface area contributed by atoms with Gasteiger partial charge >= 0.3 is 0 Å². The molecule has 0 aliphatic carbocycles. The second-order valence-corrected chi connectivity index (χ2v) is 18.7. The molecule has 10 heteroatoms. The average molecular weight is 618 g/mol. The van der Waals surface area contributed by atoms with Crippen molar-refractivity contribution in [3.05, 3.63) is 77.6 Å². The Morgan fingerprint density at radius 1 is 1.14 bits per heavy atom. The summed E-state index contributed by atoms with van der Waals surface area (Å²) in [6, 6.07) is 14.2. The van der Waals surface area contributed by atoms with Gasteiger partial charge in [0, 0.05) is 56.5 Å². The number of nitrogens with zero attached hydrogens (tertiary/aromatic N) is 3. The third-order valence-corrected chi connectivity index (χ3v) is 9.57. The summed E-state index contributed by atoms with van der Waals surface area (Å²) in [6.07, 6.45) is 4.26. The lowest BCUT2D eigenvalue weighted by atomic mass is 9.82. The van der Waals surface area contributed by atoms with Crippen molar-refractivity contribution in [3.63, 3.8) is 0 Å². The van der Waals surface area contributed by atoms with Crippen LogP contribution < -0.4 is 4.74 Å². The number of hydrogen-bond donors (Lipinski definition) is 0. The molecule has 0 amide bonds. The Morgan fingerprint density at radius 3 is 2.52 bits per heavy atom. The van der Waals surface area contributed by atoms with Crippen LogP contribution in [0.2, 0.25) is 25.7 Å². The molecule has 0 atom stereocenters. The molecule has 2 aromatic heterocycles. The van der Waals surface area contributed by atoms with Crippen LogP contribution in [0, 0.1) is 28.4 Å². The van der Waals surface area contributed by atoms with Crippen molar-refractivity contribution in [2.24, 2.45) is 5.41 Å². The first-order chi connectivity index (χ1) is 21.0. The number of ketones is 1. The Balaban J connectivity index is 1.45. The maximum absolute atomic E-state index is 15.4. The lowest BCUT2D eigenvalue weighted by Crippen LogP contribution is -2.40. The number of pyridine rings is 1. The first-order valence-corrected chi connectivity index (χ1v) is 18.5. The minimum Gasteiger partial charge on any atom is -0.450 e. The third kappa shape index (κ3) is 7.24. The number of hydrogen-bond acceptors (Lipinski definition) is 6. The van der Waals surface area contributed by atoms with Gasteiger partial charge in [0.1, 0.15) is 23.9 Å². The van der Waals surface area contributed by atoms with Gasteiger partial charge in [-0.25, -0.2) is 13.8 Å². The molecular weight excluding hydrogens is 580 g/mol. The Kier molecular flexibility index (Phi) is 9.30. The average Bonchev–Trinajstić information content (AvgIpc) is 3.33. The van der Waals surface area contributed by atoms with Crippen LogP contribution in [0.15, 0.2) is 54.9 Å². The molecule has 1 saturated heterocycles. The molecule has 0 saturated carbocycles. The van der Waals surface area contributed by atoms with Crippen LogP contribution in [-0.2, 0) is 27.4 Å². The van der Waals surface area contributed by atoms with Gasteiger partial charge in [0.25, 0.3) is 0 Å². The van der Waals surface area contributed by atoms with E-state index in [-0.39, 0.29) is 35.7 Å². The molecule has 5 rings (SSSR count). The first kappa shape index (κ1) is 31.5. The summed E-state index contributed by atoms with van der Waals surface area (Å²) in [5.74, 6) is -2.31. The number of benzene rings is 2. The Hall–Kier alpha value is -3.91. The summed E-state index contributed by atoms with van der Waals surface area (Å²) in [4.78, 5) is 17.1. The molecule has 1 aliphatic rings. The fourth-order valence-electron chi connectivity index (χ4n) is 5.20. The van der Waals surface area contributed by atoms with Crippen molar-refractivity contribution in [1.29, 1.82) is 5.26 Å². The highest BCUT2D eigenvalue weighted by molar-refractivity contribution is 6.76. The van der Waals surface area contributed by atoms with Gasteiger partial charge in [-0.3, -0.25) is 4.79 Å². The highest BCUT2D eigenvalue weighted by Crippen LogP contribution is 2.40. The lowest BCUT2D eigenvalue weighted by molar-refractivity contribution is -0.125. The zero-order chi connectivity index (χ0) is 31.5. The fourth-order valence-corrected chi connectivity index (χ4v) is 5.96. The normalized spacial score (nSPS) is 14.3. The molecule has 4 aromatic rings. The van der Waals surface area contributed by atoms with Crippen LogP contribution >= 0.6 is 0 Å². The van der Waals surface area contributed by atoms with Crippen LogP contribution in [0.3, 0.4) is 0 Å². The highest BCUT2D eigenvalue weighted by atomic mass is 28.3. The molecule has 1 fully saturated rings. The van der Waals surface area contributed by atoms with E-state index in [4.69, 9.17) is 14.2 Å². The maximum Gasteiger partial charge on any atom is 0.198 e. The molecule has 1 aliphatic heterocycles. The predicted octanol–water partition coefficient (Wildman–Crippen LogP) is 7.89. The van der Waals surface area contributed by atoms with Crippen molar-refractivity contribution in [1.82, 2.24) is 9.55 Å². The zero-order valence-electron chi connectivity index (χ0n) is 25.6. The quantitative estimate of drug-likeness (QED) is 0.112. The highest BCUT2D eigenvalue weighted by Gasteiger charge is 2.33. The van der Waals surface area contributed by atoms with Gasteiger partial charge in [-0.05, 0) is 42.3 Å². The predicted molar refractivity (Wildman–Crippen MR) is 167 cm³/mol. The van der Waals surface area contributed by atoms with Gasteiger partial charge in [-0.15, -0.1) is 0 Å². The van der Waals surface area contributed by atoms with E-state index in [1.54, 1.807) is 12.1 Å². The zero-order valence-corrected chi connectivity index (χ0v) is 26.6. The minimum absolute atomic E-state index is 0.00854. The van der Waals surface area contributed by atoms with Crippen molar-refractivity contribution in [2.45, 2.75) is 58.6 Å². The van der Waals surface area contributed by atoms with E-state index in [0.29, 0.717) is 60.4 Å². The minimum atomic E-state index is -1.30. The number of fused-ring (bicyclic) bond motifs is 1. The molecule has 0 N–H and O–H groups in total. The maximum atomic E-state index is 15.4. The molecule has 3 heterocycles. The summed E-state index contributed by atoms with van der Waals surface area (Å²) < 4.78 is 49.7. The van der Waals surface area contributed by atoms with E-state index in [2.05, 4.69) is 37.6 Å². The molecular formula is C34H37F2N3O4Si. The largest absolute Gasteiger partial charge is 0.450 e. The van der Waals surface area contributed by atoms with Crippen molar-refractivity contribution in [2.75, 3.05) is 19.8 Å². The summed E-state index contributed by atoms with van der Waals surface area (Å²) >= 11 is 0. The fraction of sp³-hybridized carbons (Fsp3) is 0.382. The summed E-state index contributed by atoms with van der Waals surface area (Å²) in [5, 5.41) is 10.3. The molecule has 0 unspecified atom stereocenters. The van der Waals surface area contributed by atoms with Crippen LogP contribution in [0.4, 0.5) is 8.78 Å². The van der Waals surface area contributed by atoms with Gasteiger partial charge in [0.15, 0.2) is 17.4 Å². The monoisotopic (exact) mass is 617 g/mol. The van der Waals surface area contributed by atoms with Crippen molar-refractivity contribution in [3.8, 4) is 28.7 Å². The van der Waals surface area contributed by atoms with Gasteiger partial charge in [-0.2, -0.15) is 5.26 Å². The molecule has 7 nitrogen and oxygen atoms in total. The molecule has 230 valence electrons. The van der Waals surface area contributed by atoms with E-state index in [1.807, 2.05) is 22.9 Å². The van der Waals surface area contributed by atoms with Crippen LogP contribution in [-0.4, -0.2) is 43.2 Å². The van der Waals surface area contributed by atoms with Crippen molar-refractivity contribution < 1.29 is 27.8 Å². The van der Waals surface area contributed by atoms with E-state index in [0.717, 1.165) is 18.2 Å². The Labute approximate surface area is 257 Å². The van der Waals surface area contributed by atoms with Gasteiger partial charge in [0.2, 0.25) is 0 Å². The second-order valence-electron chi connectivity index (χ2n) is 13.0. The van der Waals surface area contributed by atoms with Crippen molar-refractivity contribution >= 4 is 24.9 Å². The van der Waals surface area contributed by atoms with E-state index < -0.39 is 25.5 Å². The van der Waals surface area contributed by atoms with Gasteiger partial charge in [0.05, 0.1) is 30.2 Å².